The third-order valence-electron chi connectivity index (χ3n) is 7.09. The van der Waals surface area contributed by atoms with Crippen LogP contribution in [0, 0.1) is 5.92 Å². The first-order valence-electron chi connectivity index (χ1n) is 11.5. The van der Waals surface area contributed by atoms with Gasteiger partial charge in [0.25, 0.3) is 0 Å². The molecule has 1 saturated carbocycles. The van der Waals surface area contributed by atoms with E-state index in [1.807, 2.05) is 30.3 Å². The lowest BCUT2D eigenvalue weighted by Crippen LogP contribution is -2.62. The number of nitrogens with zero attached hydrogens (tertiary/aromatic N) is 4. The highest BCUT2D eigenvalue weighted by Crippen LogP contribution is 2.39. The van der Waals surface area contributed by atoms with E-state index in [0.29, 0.717) is 18.2 Å². The summed E-state index contributed by atoms with van der Waals surface area (Å²) < 4.78 is 12.0. The Balaban J connectivity index is 1.35. The molecular formula is C23H31N5O5. The van der Waals surface area contributed by atoms with Gasteiger partial charge in [-0.05, 0) is 18.4 Å². The van der Waals surface area contributed by atoms with Crippen LogP contribution < -0.4 is 5.73 Å². The van der Waals surface area contributed by atoms with Gasteiger partial charge in [-0.15, -0.1) is 0 Å². The van der Waals surface area contributed by atoms with Crippen molar-refractivity contribution in [3.8, 4) is 0 Å². The van der Waals surface area contributed by atoms with Crippen LogP contribution in [0.3, 0.4) is 0 Å². The molecule has 10 heteroatoms. The van der Waals surface area contributed by atoms with E-state index in [0.717, 1.165) is 31.2 Å². The average Bonchev–Trinajstić information content (AvgIpc) is 3.40. The molecule has 33 heavy (non-hydrogen) atoms. The van der Waals surface area contributed by atoms with Crippen LogP contribution in [-0.2, 0) is 16.1 Å². The second-order valence-corrected chi connectivity index (χ2v) is 9.10. The minimum absolute atomic E-state index is 0.0777. The van der Waals surface area contributed by atoms with E-state index >= 15 is 0 Å². The van der Waals surface area contributed by atoms with Crippen LogP contribution in [0.1, 0.15) is 31.2 Å². The molecule has 1 aromatic rings. The van der Waals surface area contributed by atoms with Gasteiger partial charge in [0.1, 0.15) is 37.0 Å². The summed E-state index contributed by atoms with van der Waals surface area (Å²) >= 11 is 0. The first-order chi connectivity index (χ1) is 16.0. The van der Waals surface area contributed by atoms with E-state index in [-0.39, 0.29) is 18.7 Å². The molecule has 0 aromatic heterocycles. The van der Waals surface area contributed by atoms with Gasteiger partial charge in [-0.25, -0.2) is 9.98 Å². The van der Waals surface area contributed by atoms with Crippen LogP contribution >= 0.6 is 0 Å². The van der Waals surface area contributed by atoms with Crippen LogP contribution in [0.5, 0.6) is 0 Å². The molecule has 3 heterocycles. The number of aliphatic hydroxyl groups is 3. The number of ether oxygens (including phenoxy) is 2. The molecule has 0 bridgehead atoms. The second-order valence-electron chi connectivity index (χ2n) is 9.10. The van der Waals surface area contributed by atoms with Crippen LogP contribution in [0.2, 0.25) is 0 Å². The Labute approximate surface area is 192 Å². The van der Waals surface area contributed by atoms with Crippen LogP contribution in [0.25, 0.3) is 0 Å². The summed E-state index contributed by atoms with van der Waals surface area (Å²) in [6.45, 7) is 0.281. The minimum atomic E-state index is -1.21. The van der Waals surface area contributed by atoms with Gasteiger partial charge < -0.3 is 35.4 Å². The fraction of sp³-hybridized carbons (Fsp3) is 0.609. The lowest BCUT2D eigenvalue weighted by atomic mass is 9.75. The van der Waals surface area contributed by atoms with Crippen molar-refractivity contribution < 1.29 is 24.8 Å². The van der Waals surface area contributed by atoms with Gasteiger partial charge in [0.15, 0.2) is 17.7 Å². The quantitative estimate of drug-likeness (QED) is 0.471. The summed E-state index contributed by atoms with van der Waals surface area (Å²) in [5.74, 6) is 0.398. The number of hydrogen-bond donors (Lipinski definition) is 4. The largest absolute Gasteiger partial charge is 0.394 e. The Morgan fingerprint density at radius 1 is 1.15 bits per heavy atom. The zero-order chi connectivity index (χ0) is 23.0. The molecule has 0 amide bonds. The Morgan fingerprint density at radius 2 is 1.94 bits per heavy atom. The molecule has 3 unspecified atom stereocenters. The number of hydrogen-bond acceptors (Lipinski definition) is 10. The molecule has 7 atom stereocenters. The number of aliphatic hydroxyl groups excluding tert-OH is 3. The molecule has 5 rings (SSSR count). The SMILES string of the molecule is NC1(C2CCCCC2OCc2ccccc2)N=CN=C2C1=NCN2[C@@H]1O[C@H](CO)[C@@H](O)[C@H]1O. The predicted molar refractivity (Wildman–Crippen MR) is 122 cm³/mol. The molecular weight excluding hydrogens is 426 g/mol. The molecule has 0 spiro atoms. The van der Waals surface area contributed by atoms with Gasteiger partial charge in [0.2, 0.25) is 0 Å². The maximum atomic E-state index is 10.5. The number of benzene rings is 1. The zero-order valence-corrected chi connectivity index (χ0v) is 18.4. The van der Waals surface area contributed by atoms with Crippen LogP contribution in [0.4, 0.5) is 0 Å². The maximum absolute atomic E-state index is 10.5. The molecule has 4 aliphatic rings. The summed E-state index contributed by atoms with van der Waals surface area (Å²) in [7, 11) is 0. The van der Waals surface area contributed by atoms with Crippen molar-refractivity contribution in [3.05, 3.63) is 35.9 Å². The monoisotopic (exact) mass is 457 g/mol. The summed E-state index contributed by atoms with van der Waals surface area (Å²) in [5.41, 5.74) is 7.49. The van der Waals surface area contributed by atoms with E-state index in [4.69, 9.17) is 15.2 Å². The van der Waals surface area contributed by atoms with Crippen molar-refractivity contribution in [2.45, 2.75) is 68.6 Å². The summed E-state index contributed by atoms with van der Waals surface area (Å²) in [4.78, 5) is 15.3. The van der Waals surface area contributed by atoms with Gasteiger partial charge in [-0.2, -0.15) is 0 Å². The molecule has 10 nitrogen and oxygen atoms in total. The summed E-state index contributed by atoms with van der Waals surface area (Å²) in [6.07, 6.45) is 1.05. The predicted octanol–water partition coefficient (Wildman–Crippen LogP) is 0.0105. The van der Waals surface area contributed by atoms with Gasteiger partial charge in [-0.3, -0.25) is 4.99 Å². The molecule has 0 radical (unpaired) electrons. The summed E-state index contributed by atoms with van der Waals surface area (Å²) in [5, 5.41) is 30.1. The normalized spacial score (nSPS) is 38.2. The summed E-state index contributed by atoms with van der Waals surface area (Å²) in [6, 6.07) is 10.1. The number of rotatable bonds is 6. The Morgan fingerprint density at radius 3 is 2.70 bits per heavy atom. The Kier molecular flexibility index (Phi) is 6.30. The molecule has 178 valence electrons. The van der Waals surface area contributed by atoms with E-state index in [9.17, 15) is 15.3 Å². The first kappa shape index (κ1) is 22.6. The number of fused-ring (bicyclic) bond motifs is 1. The van der Waals surface area contributed by atoms with Crippen molar-refractivity contribution in [1.29, 1.82) is 0 Å². The van der Waals surface area contributed by atoms with Crippen LogP contribution in [-0.4, -0.2) is 87.7 Å². The van der Waals surface area contributed by atoms with E-state index < -0.39 is 36.8 Å². The fourth-order valence-corrected chi connectivity index (χ4v) is 5.29. The first-order valence-corrected chi connectivity index (χ1v) is 11.5. The molecule has 1 saturated heterocycles. The lowest BCUT2D eigenvalue weighted by Gasteiger charge is -2.42. The molecule has 1 aromatic carbocycles. The topological polar surface area (TPSA) is 145 Å². The minimum Gasteiger partial charge on any atom is -0.394 e. The van der Waals surface area contributed by atoms with Crippen molar-refractivity contribution in [3.63, 3.8) is 0 Å². The number of nitrogens with two attached hydrogens (primary N) is 1. The maximum Gasteiger partial charge on any atom is 0.162 e. The Hall–Kier alpha value is -2.21. The lowest BCUT2D eigenvalue weighted by molar-refractivity contribution is -0.0688. The number of amidine groups is 1. The van der Waals surface area contributed by atoms with Gasteiger partial charge in [0.05, 0.1) is 19.3 Å². The third kappa shape index (κ3) is 4.01. The van der Waals surface area contributed by atoms with Crippen molar-refractivity contribution in [2.24, 2.45) is 26.6 Å². The van der Waals surface area contributed by atoms with Gasteiger partial charge in [0, 0.05) is 5.92 Å². The van der Waals surface area contributed by atoms with E-state index in [2.05, 4.69) is 15.0 Å². The second kappa shape index (κ2) is 9.21. The highest BCUT2D eigenvalue weighted by molar-refractivity contribution is 6.47. The van der Waals surface area contributed by atoms with Crippen molar-refractivity contribution >= 4 is 17.9 Å². The molecule has 1 aliphatic carbocycles. The number of aliphatic imine (C=N–C) groups is 3. The standard InChI is InChI=1S/C23H31N5O5/c24-23(15-8-4-5-9-16(15)32-11-14-6-2-1-3-7-14)20-21(25-12-27-23)28(13-26-20)22-19(31)18(30)17(10-29)33-22/h1-3,6-7,12,15-19,22,29-31H,4-5,8-11,13,24H2/t15?,16?,17-,18-,19-,22-,23?/m1/s1. The van der Waals surface area contributed by atoms with Crippen LogP contribution in [0.15, 0.2) is 45.3 Å². The third-order valence-corrected chi connectivity index (χ3v) is 7.09. The van der Waals surface area contributed by atoms with Gasteiger partial charge in [-0.1, -0.05) is 43.2 Å². The average molecular weight is 458 g/mol. The fourth-order valence-electron chi connectivity index (χ4n) is 5.29. The van der Waals surface area contributed by atoms with Crippen molar-refractivity contribution in [2.75, 3.05) is 13.3 Å². The molecule has 2 fully saturated rings. The smallest absolute Gasteiger partial charge is 0.162 e. The van der Waals surface area contributed by atoms with E-state index in [1.54, 1.807) is 4.90 Å². The highest BCUT2D eigenvalue weighted by atomic mass is 16.6. The van der Waals surface area contributed by atoms with Crippen molar-refractivity contribution in [1.82, 2.24) is 4.90 Å². The Bertz CT molecular complexity index is 940. The zero-order valence-electron chi connectivity index (χ0n) is 18.4. The van der Waals surface area contributed by atoms with Gasteiger partial charge >= 0.3 is 0 Å². The van der Waals surface area contributed by atoms with E-state index in [1.165, 1.54) is 6.34 Å². The molecule has 5 N–H and O–H groups in total. The highest BCUT2D eigenvalue weighted by Gasteiger charge is 2.54. The molecule has 3 aliphatic heterocycles.